The largest absolute Gasteiger partial charge is 0.334 e. The van der Waals surface area contributed by atoms with Crippen LogP contribution in [-0.4, -0.2) is 50.1 Å². The predicted molar refractivity (Wildman–Crippen MR) is 70.8 cm³/mol. The molecule has 98 valence electrons. The van der Waals surface area contributed by atoms with Gasteiger partial charge in [0.05, 0.1) is 0 Å². The fourth-order valence-electron chi connectivity index (χ4n) is 2.20. The molecule has 18 heavy (non-hydrogen) atoms. The van der Waals surface area contributed by atoms with Crippen molar-refractivity contribution >= 4 is 17.7 Å². The van der Waals surface area contributed by atoms with Crippen LogP contribution >= 0.6 is 11.8 Å². The lowest BCUT2D eigenvalue weighted by atomic mass is 10.3. The molecular formula is C12H18N4OS. The zero-order valence-electron chi connectivity index (χ0n) is 10.6. The Hall–Kier alpha value is -1.04. The normalized spacial score (nSPS) is 24.3. The highest BCUT2D eigenvalue weighted by Gasteiger charge is 2.30. The van der Waals surface area contributed by atoms with Gasteiger partial charge in [0.1, 0.15) is 5.82 Å². The van der Waals surface area contributed by atoms with E-state index in [4.69, 9.17) is 0 Å². The number of carbonyl (C=O) groups excluding carboxylic acids is 1. The molecule has 1 unspecified atom stereocenters. The molecule has 1 aliphatic heterocycles. The van der Waals surface area contributed by atoms with Crippen molar-refractivity contribution in [1.82, 2.24) is 20.1 Å². The minimum Gasteiger partial charge on any atom is -0.334 e. The Morgan fingerprint density at radius 1 is 1.56 bits per heavy atom. The third-order valence-electron chi connectivity index (χ3n) is 3.54. The Bertz CT molecular complexity index is 443. The van der Waals surface area contributed by atoms with E-state index in [2.05, 4.69) is 22.1 Å². The minimum atomic E-state index is -0.0168. The first-order valence-corrected chi connectivity index (χ1v) is 7.66. The van der Waals surface area contributed by atoms with Gasteiger partial charge in [0.25, 0.3) is 5.91 Å². The lowest BCUT2D eigenvalue weighted by molar-refractivity contribution is 0.0749. The van der Waals surface area contributed by atoms with Gasteiger partial charge < -0.3 is 4.90 Å². The number of rotatable bonds is 3. The minimum absolute atomic E-state index is 0.0168. The Labute approximate surface area is 111 Å². The number of aromatic amines is 1. The average molecular weight is 266 g/mol. The molecule has 6 heteroatoms. The molecule has 1 N–H and O–H groups in total. The number of H-pyrrole nitrogens is 1. The standard InChI is InChI=1S/C12H18N4OS/c1-2-9-7-16(5-6-18-9)12(17)11-13-10(14-15-11)8-3-4-8/h8-9H,2-7H2,1H3,(H,13,14,15). The first-order valence-electron chi connectivity index (χ1n) is 6.61. The molecule has 0 bridgehead atoms. The number of amides is 1. The van der Waals surface area contributed by atoms with Gasteiger partial charge >= 0.3 is 0 Å². The van der Waals surface area contributed by atoms with E-state index in [0.29, 0.717) is 17.0 Å². The molecule has 1 aliphatic carbocycles. The average Bonchev–Trinajstić information content (AvgIpc) is 3.16. The molecule has 1 aromatic rings. The van der Waals surface area contributed by atoms with E-state index in [0.717, 1.165) is 31.1 Å². The van der Waals surface area contributed by atoms with Crippen LogP contribution in [0.2, 0.25) is 0 Å². The van der Waals surface area contributed by atoms with E-state index in [1.807, 2.05) is 16.7 Å². The van der Waals surface area contributed by atoms with E-state index < -0.39 is 0 Å². The van der Waals surface area contributed by atoms with Crippen molar-refractivity contribution in [3.8, 4) is 0 Å². The van der Waals surface area contributed by atoms with E-state index in [9.17, 15) is 4.79 Å². The summed E-state index contributed by atoms with van der Waals surface area (Å²) in [7, 11) is 0. The van der Waals surface area contributed by atoms with Crippen LogP contribution in [0.5, 0.6) is 0 Å². The molecule has 1 saturated carbocycles. The lowest BCUT2D eigenvalue weighted by Crippen LogP contribution is -2.42. The molecule has 1 aromatic heterocycles. The second-order valence-corrected chi connectivity index (χ2v) is 6.38. The molecule has 2 aliphatic rings. The number of nitrogens with one attached hydrogen (secondary N) is 1. The number of thioether (sulfide) groups is 1. The molecule has 1 atom stereocenters. The van der Waals surface area contributed by atoms with Crippen LogP contribution in [0.25, 0.3) is 0 Å². The number of nitrogens with zero attached hydrogens (tertiary/aromatic N) is 3. The summed E-state index contributed by atoms with van der Waals surface area (Å²) < 4.78 is 0. The predicted octanol–water partition coefficient (Wildman–Crippen LogP) is 1.65. The van der Waals surface area contributed by atoms with Crippen molar-refractivity contribution in [3.05, 3.63) is 11.6 Å². The van der Waals surface area contributed by atoms with E-state index in [1.165, 1.54) is 12.8 Å². The van der Waals surface area contributed by atoms with Crippen LogP contribution in [0.4, 0.5) is 0 Å². The second-order valence-electron chi connectivity index (χ2n) is 4.97. The Balaban J connectivity index is 1.68. The Kier molecular flexibility index (Phi) is 3.28. The van der Waals surface area contributed by atoms with Crippen molar-refractivity contribution in [3.63, 3.8) is 0 Å². The van der Waals surface area contributed by atoms with Crippen molar-refractivity contribution in [2.45, 2.75) is 37.4 Å². The van der Waals surface area contributed by atoms with Gasteiger partial charge in [0.2, 0.25) is 5.82 Å². The van der Waals surface area contributed by atoms with Gasteiger partial charge in [-0.2, -0.15) is 11.8 Å². The van der Waals surface area contributed by atoms with Crippen molar-refractivity contribution in [2.75, 3.05) is 18.8 Å². The molecule has 3 rings (SSSR count). The first kappa shape index (κ1) is 12.0. The summed E-state index contributed by atoms with van der Waals surface area (Å²) in [4.78, 5) is 18.5. The van der Waals surface area contributed by atoms with E-state index in [-0.39, 0.29) is 5.91 Å². The van der Waals surface area contributed by atoms with Crippen LogP contribution in [0, 0.1) is 0 Å². The van der Waals surface area contributed by atoms with Crippen LogP contribution in [0.3, 0.4) is 0 Å². The summed E-state index contributed by atoms with van der Waals surface area (Å²) in [6.45, 7) is 3.81. The van der Waals surface area contributed by atoms with Gasteiger partial charge in [0, 0.05) is 30.0 Å². The molecule has 0 spiro atoms. The van der Waals surface area contributed by atoms with E-state index >= 15 is 0 Å². The summed E-state index contributed by atoms with van der Waals surface area (Å²) in [6.07, 6.45) is 3.44. The maximum absolute atomic E-state index is 12.3. The topological polar surface area (TPSA) is 61.9 Å². The lowest BCUT2D eigenvalue weighted by Gasteiger charge is -2.31. The summed E-state index contributed by atoms with van der Waals surface area (Å²) in [5.41, 5.74) is 0. The van der Waals surface area contributed by atoms with Crippen LogP contribution in [-0.2, 0) is 0 Å². The number of hydrogen-bond donors (Lipinski definition) is 1. The summed E-state index contributed by atoms with van der Waals surface area (Å²) >= 11 is 1.96. The smallest absolute Gasteiger partial charge is 0.293 e. The third kappa shape index (κ3) is 2.39. The quantitative estimate of drug-likeness (QED) is 0.903. The first-order chi connectivity index (χ1) is 8.78. The van der Waals surface area contributed by atoms with Crippen molar-refractivity contribution < 1.29 is 4.79 Å². The molecule has 2 heterocycles. The molecule has 1 saturated heterocycles. The summed E-state index contributed by atoms with van der Waals surface area (Å²) in [5.74, 6) is 2.75. The second kappa shape index (κ2) is 4.91. The summed E-state index contributed by atoms with van der Waals surface area (Å²) in [6, 6.07) is 0. The molecule has 0 radical (unpaired) electrons. The molecule has 5 nitrogen and oxygen atoms in total. The van der Waals surface area contributed by atoms with E-state index in [1.54, 1.807) is 0 Å². The number of aromatic nitrogens is 3. The maximum atomic E-state index is 12.3. The number of carbonyl (C=O) groups is 1. The SMILES string of the molecule is CCC1CN(C(=O)c2n[nH]c(C3CC3)n2)CCS1. The molecule has 2 fully saturated rings. The van der Waals surface area contributed by atoms with Crippen LogP contribution in [0.1, 0.15) is 48.5 Å². The highest BCUT2D eigenvalue weighted by molar-refractivity contribution is 8.00. The van der Waals surface area contributed by atoms with Gasteiger partial charge in [-0.05, 0) is 19.3 Å². The van der Waals surface area contributed by atoms with Gasteiger partial charge in [-0.1, -0.05) is 6.92 Å². The Morgan fingerprint density at radius 2 is 2.39 bits per heavy atom. The van der Waals surface area contributed by atoms with Crippen molar-refractivity contribution in [2.24, 2.45) is 0 Å². The monoisotopic (exact) mass is 266 g/mol. The molecule has 0 aromatic carbocycles. The highest BCUT2D eigenvalue weighted by atomic mass is 32.2. The van der Waals surface area contributed by atoms with Crippen LogP contribution < -0.4 is 0 Å². The van der Waals surface area contributed by atoms with Gasteiger partial charge in [-0.25, -0.2) is 4.98 Å². The highest BCUT2D eigenvalue weighted by Crippen LogP contribution is 2.37. The van der Waals surface area contributed by atoms with Gasteiger partial charge in [0.15, 0.2) is 0 Å². The Morgan fingerprint density at radius 3 is 3.11 bits per heavy atom. The molecule has 1 amide bonds. The maximum Gasteiger partial charge on any atom is 0.293 e. The fourth-order valence-corrected chi connectivity index (χ4v) is 3.38. The zero-order chi connectivity index (χ0) is 12.5. The summed E-state index contributed by atoms with van der Waals surface area (Å²) in [5, 5.41) is 7.53. The van der Waals surface area contributed by atoms with Gasteiger partial charge in [-0.3, -0.25) is 9.89 Å². The van der Waals surface area contributed by atoms with Gasteiger partial charge in [-0.15, -0.1) is 5.10 Å². The van der Waals surface area contributed by atoms with Crippen molar-refractivity contribution in [1.29, 1.82) is 0 Å². The molecular weight excluding hydrogens is 248 g/mol. The number of hydrogen-bond acceptors (Lipinski definition) is 4. The fraction of sp³-hybridized carbons (Fsp3) is 0.750. The zero-order valence-corrected chi connectivity index (χ0v) is 11.4. The third-order valence-corrected chi connectivity index (χ3v) is 4.91. The van der Waals surface area contributed by atoms with Crippen LogP contribution in [0.15, 0.2) is 0 Å².